The van der Waals surface area contributed by atoms with E-state index in [0.29, 0.717) is 0 Å². The normalized spacial score (nSPS) is 12.5. The number of hydrogen-bond acceptors (Lipinski definition) is 0. The van der Waals surface area contributed by atoms with E-state index in [1.54, 1.807) is 15.6 Å². The third kappa shape index (κ3) is 4.81. The standard InChI is InChI=1S/C25H33Si3.Li/c1-26(2,22-16-10-7-11-17-22)25(27(3,4)23-18-12-8-13-19-23)28(5,6)24-20-14-9-15-21-24;/h7-21H,1-6H3;/q-1;+1. The molecule has 0 amide bonds. The van der Waals surface area contributed by atoms with E-state index in [9.17, 15) is 0 Å². The van der Waals surface area contributed by atoms with Crippen molar-refractivity contribution >= 4 is 39.8 Å². The summed E-state index contributed by atoms with van der Waals surface area (Å²) in [6.07, 6.45) is 0. The second-order valence-corrected chi connectivity index (χ2v) is 23.8. The van der Waals surface area contributed by atoms with Crippen LogP contribution in [0.25, 0.3) is 0 Å². The first-order chi connectivity index (χ1) is 13.2. The first-order valence-electron chi connectivity index (χ1n) is 10.2. The van der Waals surface area contributed by atoms with Crippen LogP contribution in [0.1, 0.15) is 0 Å². The molecule has 0 aliphatic heterocycles. The Morgan fingerprint density at radius 3 is 0.828 bits per heavy atom. The van der Waals surface area contributed by atoms with Crippen LogP contribution >= 0.6 is 0 Å². The maximum Gasteiger partial charge on any atom is 1.00 e. The van der Waals surface area contributed by atoms with Crippen LogP contribution in [0.15, 0.2) is 91.0 Å². The Morgan fingerprint density at radius 2 is 0.621 bits per heavy atom. The topological polar surface area (TPSA) is 0 Å². The Hall–Kier alpha value is -1.09. The van der Waals surface area contributed by atoms with E-state index >= 15 is 0 Å². The minimum absolute atomic E-state index is 0. The second-order valence-electron chi connectivity index (χ2n) is 9.35. The fourth-order valence-electron chi connectivity index (χ4n) is 5.34. The summed E-state index contributed by atoms with van der Waals surface area (Å²) < 4.78 is 0. The van der Waals surface area contributed by atoms with Gasteiger partial charge in [0.1, 0.15) is 0 Å². The smallest absolute Gasteiger partial charge is 0.298 e. The van der Waals surface area contributed by atoms with Crippen molar-refractivity contribution in [2.45, 2.75) is 39.3 Å². The molecule has 0 unspecified atom stereocenters. The van der Waals surface area contributed by atoms with Crippen LogP contribution in [-0.4, -0.2) is 24.2 Å². The van der Waals surface area contributed by atoms with Crippen molar-refractivity contribution in [1.29, 1.82) is 0 Å². The summed E-state index contributed by atoms with van der Waals surface area (Å²) in [4.78, 5) is 1.94. The number of benzene rings is 3. The molecule has 0 radical (unpaired) electrons. The maximum atomic E-state index is 2.59. The Labute approximate surface area is 193 Å². The van der Waals surface area contributed by atoms with Gasteiger partial charge in [-0.1, -0.05) is 170 Å². The van der Waals surface area contributed by atoms with Gasteiger partial charge in [0.05, 0.1) is 0 Å². The molecule has 3 aromatic carbocycles. The molecule has 0 saturated heterocycles. The molecule has 0 bridgehead atoms. The Morgan fingerprint density at radius 1 is 0.414 bits per heavy atom. The third-order valence-corrected chi connectivity index (χ3v) is 26.7. The van der Waals surface area contributed by atoms with Crippen LogP contribution in [-0.2, 0) is 0 Å². The van der Waals surface area contributed by atoms with E-state index in [-0.39, 0.29) is 18.9 Å². The van der Waals surface area contributed by atoms with Gasteiger partial charge in [-0.25, -0.2) is 0 Å². The predicted octanol–water partition coefficient (Wildman–Crippen LogP) is 2.03. The summed E-state index contributed by atoms with van der Waals surface area (Å²) in [7, 11) is -5.42. The fourth-order valence-corrected chi connectivity index (χ4v) is 30.6. The first kappa shape index (κ1) is 24.2. The molecule has 0 aliphatic rings. The van der Waals surface area contributed by atoms with Gasteiger partial charge in [-0.15, -0.1) is 0 Å². The van der Waals surface area contributed by atoms with E-state index in [1.165, 1.54) is 0 Å². The zero-order valence-electron chi connectivity index (χ0n) is 19.2. The molecule has 0 saturated carbocycles. The van der Waals surface area contributed by atoms with E-state index < -0.39 is 24.2 Å². The summed E-state index contributed by atoms with van der Waals surface area (Å²) in [6.45, 7) is 15.5. The summed E-state index contributed by atoms with van der Waals surface area (Å²) in [5.74, 6) is 0. The average Bonchev–Trinajstić information content (AvgIpc) is 2.69. The van der Waals surface area contributed by atoms with Crippen LogP contribution in [0.3, 0.4) is 0 Å². The van der Waals surface area contributed by atoms with Crippen LogP contribution in [0.2, 0.25) is 39.3 Å². The van der Waals surface area contributed by atoms with Gasteiger partial charge in [-0.2, -0.15) is 0 Å². The van der Waals surface area contributed by atoms with Crippen LogP contribution in [0.5, 0.6) is 0 Å². The zero-order valence-corrected chi connectivity index (χ0v) is 22.2. The van der Waals surface area contributed by atoms with Crippen LogP contribution in [0.4, 0.5) is 0 Å². The largest absolute Gasteiger partial charge is 1.00 e. The van der Waals surface area contributed by atoms with Gasteiger partial charge < -0.3 is 0 Å². The SMILES string of the molecule is C[Si](C)(c1ccccc1)[C-]([Si](C)(C)c1ccccc1)[Si](C)(C)c1ccccc1.[Li+]. The molecule has 0 N–H and O–H groups in total. The van der Waals surface area contributed by atoms with Gasteiger partial charge in [-0.3, -0.25) is 4.79 Å². The third-order valence-electron chi connectivity index (χ3n) is 6.36. The monoisotopic (exact) mass is 424 g/mol. The van der Waals surface area contributed by atoms with Gasteiger partial charge in [0.2, 0.25) is 0 Å². The van der Waals surface area contributed by atoms with Crippen molar-refractivity contribution in [2.75, 3.05) is 0 Å². The molecule has 0 aromatic heterocycles. The quantitative estimate of drug-likeness (QED) is 0.420. The van der Waals surface area contributed by atoms with Gasteiger partial charge >= 0.3 is 18.9 Å². The van der Waals surface area contributed by atoms with E-state index in [2.05, 4.69) is 130 Å². The second kappa shape index (κ2) is 9.37. The molecule has 4 heteroatoms. The summed E-state index contributed by atoms with van der Waals surface area (Å²) in [6, 6.07) is 34.0. The molecule has 0 heterocycles. The molecule has 3 aromatic rings. The summed E-state index contributed by atoms with van der Waals surface area (Å²) in [5.41, 5.74) is 0. The van der Waals surface area contributed by atoms with E-state index in [0.717, 1.165) is 0 Å². The number of hydrogen-bond donors (Lipinski definition) is 0. The van der Waals surface area contributed by atoms with E-state index in [4.69, 9.17) is 0 Å². The molecule has 0 nitrogen and oxygen atoms in total. The molecule has 0 fully saturated rings. The molecule has 0 spiro atoms. The van der Waals surface area contributed by atoms with Gasteiger partial charge in [0.15, 0.2) is 0 Å². The van der Waals surface area contributed by atoms with Crippen molar-refractivity contribution in [1.82, 2.24) is 0 Å². The fraction of sp³-hybridized carbons (Fsp3) is 0.240. The van der Waals surface area contributed by atoms with Crippen molar-refractivity contribution in [3.63, 3.8) is 0 Å². The van der Waals surface area contributed by atoms with Gasteiger partial charge in [0.25, 0.3) is 0 Å². The summed E-state index contributed by atoms with van der Waals surface area (Å²) >= 11 is 0. The van der Waals surface area contributed by atoms with Crippen molar-refractivity contribution in [3.05, 3.63) is 95.8 Å². The summed E-state index contributed by atoms with van der Waals surface area (Å²) in [5, 5.41) is 4.70. The molecule has 29 heavy (non-hydrogen) atoms. The average molecular weight is 425 g/mol. The molecule has 3 rings (SSSR count). The first-order valence-corrected chi connectivity index (χ1v) is 19.2. The maximum absolute atomic E-state index is 2.59. The van der Waals surface area contributed by atoms with Crippen molar-refractivity contribution in [2.24, 2.45) is 0 Å². The minimum Gasteiger partial charge on any atom is -0.298 e. The van der Waals surface area contributed by atoms with Crippen molar-refractivity contribution < 1.29 is 18.9 Å². The molecular formula is C25H33LiSi3. The van der Waals surface area contributed by atoms with E-state index in [1.807, 2.05) is 4.79 Å². The molecule has 146 valence electrons. The molecular weight excluding hydrogens is 391 g/mol. The predicted molar refractivity (Wildman–Crippen MR) is 134 cm³/mol. The van der Waals surface area contributed by atoms with Gasteiger partial charge in [-0.05, 0) is 0 Å². The van der Waals surface area contributed by atoms with Gasteiger partial charge in [0, 0.05) is 0 Å². The Balaban J connectivity index is 0.00000300. The van der Waals surface area contributed by atoms with Crippen molar-refractivity contribution in [3.8, 4) is 0 Å². The Bertz CT molecular complexity index is 769. The molecule has 0 aliphatic carbocycles. The van der Waals surface area contributed by atoms with Crippen LogP contribution < -0.4 is 34.4 Å². The van der Waals surface area contributed by atoms with Crippen LogP contribution in [0, 0.1) is 4.79 Å². The minimum atomic E-state index is -1.81. The zero-order chi connectivity index (χ0) is 20.4. The number of rotatable bonds is 6. The Kier molecular flexibility index (Phi) is 7.81. The molecule has 0 atom stereocenters.